The molecular formula is C16H13ClN2O3. The number of carbonyl (C=O) groups is 1. The molecule has 0 spiro atoms. The third-order valence-electron chi connectivity index (χ3n) is 3.27. The second kappa shape index (κ2) is 6.07. The smallest absolute Gasteiger partial charge is 0.309 e. The van der Waals surface area contributed by atoms with Gasteiger partial charge in [-0.1, -0.05) is 41.9 Å². The van der Waals surface area contributed by atoms with E-state index < -0.39 is 5.97 Å². The fourth-order valence-corrected chi connectivity index (χ4v) is 2.55. The van der Waals surface area contributed by atoms with Gasteiger partial charge in [0.15, 0.2) is 5.15 Å². The molecule has 0 aliphatic rings. The number of aromatic nitrogens is 2. The van der Waals surface area contributed by atoms with Crippen molar-refractivity contribution in [3.63, 3.8) is 0 Å². The first kappa shape index (κ1) is 14.4. The summed E-state index contributed by atoms with van der Waals surface area (Å²) in [6, 6.07) is 13.1. The number of imidazole rings is 1. The van der Waals surface area contributed by atoms with Crippen molar-refractivity contribution >= 4 is 17.6 Å². The Morgan fingerprint density at radius 1 is 1.23 bits per heavy atom. The highest BCUT2D eigenvalue weighted by atomic mass is 35.5. The summed E-state index contributed by atoms with van der Waals surface area (Å²) in [6.07, 6.45) is 1.38. The number of nitrogens with zero attached hydrogens (tertiary/aromatic N) is 2. The second-order valence-electron chi connectivity index (χ2n) is 4.77. The van der Waals surface area contributed by atoms with Crippen LogP contribution in [0.25, 0.3) is 11.4 Å². The zero-order valence-electron chi connectivity index (χ0n) is 11.6. The van der Waals surface area contributed by atoms with Crippen molar-refractivity contribution in [2.45, 2.75) is 13.0 Å². The summed E-state index contributed by atoms with van der Waals surface area (Å²) in [5.74, 6) is 0.373. The number of furan rings is 1. The zero-order chi connectivity index (χ0) is 15.5. The van der Waals surface area contributed by atoms with Crippen molar-refractivity contribution in [3.05, 3.63) is 65.3 Å². The van der Waals surface area contributed by atoms with Crippen LogP contribution >= 0.6 is 11.6 Å². The molecule has 2 aromatic heterocycles. The summed E-state index contributed by atoms with van der Waals surface area (Å²) in [7, 11) is 0. The molecule has 0 aliphatic carbocycles. The maximum Gasteiger partial charge on any atom is 0.309 e. The van der Waals surface area contributed by atoms with Gasteiger partial charge in [-0.2, -0.15) is 0 Å². The van der Waals surface area contributed by atoms with Gasteiger partial charge in [-0.25, -0.2) is 4.98 Å². The van der Waals surface area contributed by atoms with E-state index in [4.69, 9.17) is 21.1 Å². The molecule has 0 unspecified atom stereocenters. The fraction of sp³-hybridized carbons (Fsp3) is 0.125. The minimum atomic E-state index is -0.956. The Balaban J connectivity index is 2.11. The predicted octanol–water partition coefficient (Wildman–Crippen LogP) is 3.47. The number of carboxylic acid groups (broad SMARTS) is 1. The van der Waals surface area contributed by atoms with Gasteiger partial charge >= 0.3 is 5.97 Å². The maximum atomic E-state index is 11.1. The number of hydrogen-bond donors (Lipinski definition) is 1. The van der Waals surface area contributed by atoms with E-state index in [0.717, 1.165) is 5.56 Å². The quantitative estimate of drug-likeness (QED) is 0.782. The molecule has 1 N–H and O–H groups in total. The number of benzene rings is 1. The molecule has 0 saturated heterocycles. The minimum absolute atomic E-state index is 0.195. The molecule has 0 atom stereocenters. The Labute approximate surface area is 131 Å². The molecule has 1 aromatic carbocycles. The Morgan fingerprint density at radius 3 is 2.64 bits per heavy atom. The maximum absolute atomic E-state index is 11.1. The van der Waals surface area contributed by atoms with Crippen LogP contribution in [0.5, 0.6) is 0 Å². The van der Waals surface area contributed by atoms with E-state index in [2.05, 4.69) is 4.98 Å². The van der Waals surface area contributed by atoms with E-state index in [1.165, 1.54) is 0 Å². The molecular weight excluding hydrogens is 304 g/mol. The summed E-state index contributed by atoms with van der Waals surface area (Å²) in [6.45, 7) is 0.375. The number of halogens is 1. The van der Waals surface area contributed by atoms with E-state index in [1.807, 2.05) is 36.4 Å². The van der Waals surface area contributed by atoms with Gasteiger partial charge < -0.3 is 14.1 Å². The van der Waals surface area contributed by atoms with Gasteiger partial charge in [0.2, 0.25) is 0 Å². The molecule has 3 aromatic rings. The molecule has 0 fully saturated rings. The van der Waals surface area contributed by atoms with Gasteiger partial charge in [-0.3, -0.25) is 4.79 Å². The molecule has 5 nitrogen and oxygen atoms in total. The van der Waals surface area contributed by atoms with Gasteiger partial charge in [0, 0.05) is 5.56 Å². The second-order valence-corrected chi connectivity index (χ2v) is 5.13. The van der Waals surface area contributed by atoms with Crippen molar-refractivity contribution in [2.75, 3.05) is 0 Å². The number of carboxylic acids is 1. The van der Waals surface area contributed by atoms with Crippen molar-refractivity contribution in [1.29, 1.82) is 0 Å². The van der Waals surface area contributed by atoms with Gasteiger partial charge in [-0.15, -0.1) is 0 Å². The van der Waals surface area contributed by atoms with Gasteiger partial charge in [0.25, 0.3) is 0 Å². The molecule has 6 heteroatoms. The summed E-state index contributed by atoms with van der Waals surface area (Å²) < 4.78 is 7.14. The molecule has 0 saturated carbocycles. The van der Waals surface area contributed by atoms with Crippen LogP contribution in [0, 0.1) is 0 Å². The van der Waals surface area contributed by atoms with Crippen LogP contribution < -0.4 is 0 Å². The zero-order valence-corrected chi connectivity index (χ0v) is 12.3. The van der Waals surface area contributed by atoms with Crippen LogP contribution in [-0.2, 0) is 17.8 Å². The van der Waals surface area contributed by atoms with Crippen molar-refractivity contribution in [2.24, 2.45) is 0 Å². The van der Waals surface area contributed by atoms with E-state index in [9.17, 15) is 4.79 Å². The van der Waals surface area contributed by atoms with Crippen LogP contribution in [0.15, 0.2) is 53.1 Å². The lowest BCUT2D eigenvalue weighted by Crippen LogP contribution is -2.10. The molecule has 112 valence electrons. The van der Waals surface area contributed by atoms with Gasteiger partial charge in [-0.05, 0) is 12.1 Å². The standard InChI is InChI=1S/C16H13ClN2O3/c17-15-13(9-14(20)21)19(10-12-7-4-8-22-12)16(18-15)11-5-2-1-3-6-11/h1-8H,9-10H2,(H,20,21). The lowest BCUT2D eigenvalue weighted by molar-refractivity contribution is -0.136. The average molecular weight is 317 g/mol. The largest absolute Gasteiger partial charge is 0.481 e. The molecule has 0 bridgehead atoms. The van der Waals surface area contributed by atoms with E-state index in [-0.39, 0.29) is 11.6 Å². The highest BCUT2D eigenvalue weighted by Gasteiger charge is 2.20. The molecule has 2 heterocycles. The summed E-state index contributed by atoms with van der Waals surface area (Å²) in [5.41, 5.74) is 1.33. The first-order chi connectivity index (χ1) is 10.6. The number of aliphatic carboxylic acids is 1. The van der Waals surface area contributed by atoms with Crippen LogP contribution in [-0.4, -0.2) is 20.6 Å². The fourth-order valence-electron chi connectivity index (χ4n) is 2.30. The van der Waals surface area contributed by atoms with Gasteiger partial charge in [0.1, 0.15) is 11.6 Å². The minimum Gasteiger partial charge on any atom is -0.481 e. The van der Waals surface area contributed by atoms with E-state index in [1.54, 1.807) is 16.9 Å². The normalized spacial score (nSPS) is 10.8. The van der Waals surface area contributed by atoms with Crippen molar-refractivity contribution in [1.82, 2.24) is 9.55 Å². The van der Waals surface area contributed by atoms with Crippen molar-refractivity contribution in [3.8, 4) is 11.4 Å². The summed E-state index contributed by atoms with van der Waals surface area (Å²) >= 11 is 6.16. The van der Waals surface area contributed by atoms with Crippen LogP contribution in [0.4, 0.5) is 0 Å². The van der Waals surface area contributed by atoms with Crippen LogP contribution in [0.3, 0.4) is 0 Å². The SMILES string of the molecule is O=C(O)Cc1c(Cl)nc(-c2ccccc2)n1Cc1ccco1. The number of hydrogen-bond acceptors (Lipinski definition) is 3. The molecule has 3 rings (SSSR count). The van der Waals surface area contributed by atoms with Gasteiger partial charge in [0.05, 0.1) is 24.9 Å². The van der Waals surface area contributed by atoms with Crippen LogP contribution in [0.1, 0.15) is 11.5 Å². The van der Waals surface area contributed by atoms with Crippen LogP contribution in [0.2, 0.25) is 5.15 Å². The Bertz CT molecular complexity index is 779. The predicted molar refractivity (Wildman–Crippen MR) is 81.8 cm³/mol. The summed E-state index contributed by atoms with van der Waals surface area (Å²) in [4.78, 5) is 15.4. The molecule has 0 amide bonds. The third-order valence-corrected chi connectivity index (χ3v) is 3.57. The number of rotatable bonds is 5. The Hall–Kier alpha value is -2.53. The molecule has 0 aliphatic heterocycles. The first-order valence-electron chi connectivity index (χ1n) is 6.69. The Morgan fingerprint density at radius 2 is 2.00 bits per heavy atom. The van der Waals surface area contributed by atoms with Crippen molar-refractivity contribution < 1.29 is 14.3 Å². The molecule has 22 heavy (non-hydrogen) atoms. The average Bonchev–Trinajstić information content (AvgIpc) is 3.11. The molecule has 0 radical (unpaired) electrons. The topological polar surface area (TPSA) is 68.3 Å². The third kappa shape index (κ3) is 2.89. The highest BCUT2D eigenvalue weighted by molar-refractivity contribution is 6.30. The van der Waals surface area contributed by atoms with E-state index in [0.29, 0.717) is 23.8 Å². The first-order valence-corrected chi connectivity index (χ1v) is 7.07. The highest BCUT2D eigenvalue weighted by Crippen LogP contribution is 2.27. The Kier molecular flexibility index (Phi) is 3.98. The monoisotopic (exact) mass is 316 g/mol. The lowest BCUT2D eigenvalue weighted by Gasteiger charge is -2.09. The van der Waals surface area contributed by atoms with E-state index >= 15 is 0 Å². The lowest BCUT2D eigenvalue weighted by atomic mass is 10.2. The summed E-state index contributed by atoms with van der Waals surface area (Å²) in [5, 5.41) is 9.30.